The van der Waals surface area contributed by atoms with Crippen LogP contribution in [0, 0.1) is 0 Å². The minimum atomic E-state index is -0.417. The Morgan fingerprint density at radius 1 is 0.962 bits per heavy atom. The zero-order chi connectivity index (χ0) is 19.1. The summed E-state index contributed by atoms with van der Waals surface area (Å²) in [6, 6.07) is 17.9. The second-order valence-corrected chi connectivity index (χ2v) is 7.11. The maximum Gasteiger partial charge on any atom is 0.320 e. The van der Waals surface area contributed by atoms with E-state index in [0.29, 0.717) is 12.5 Å². The maximum atomic E-state index is 12.7. The SMILES string of the molecule is CC(NC(=O)N(Cc1ccccc1)C(C)C)Oc1ccccc1C(C)C. The first-order valence-electron chi connectivity index (χ1n) is 9.25. The van der Waals surface area contributed by atoms with Crippen molar-refractivity contribution >= 4 is 6.03 Å². The zero-order valence-electron chi connectivity index (χ0n) is 16.4. The van der Waals surface area contributed by atoms with Crippen LogP contribution in [0.1, 0.15) is 51.7 Å². The van der Waals surface area contributed by atoms with Crippen molar-refractivity contribution < 1.29 is 9.53 Å². The fourth-order valence-corrected chi connectivity index (χ4v) is 2.81. The highest BCUT2D eigenvalue weighted by molar-refractivity contribution is 5.74. The summed E-state index contributed by atoms with van der Waals surface area (Å²) in [6.07, 6.45) is -0.417. The van der Waals surface area contributed by atoms with Gasteiger partial charge in [0.25, 0.3) is 0 Å². The van der Waals surface area contributed by atoms with E-state index in [1.807, 2.05) is 74.2 Å². The fourth-order valence-electron chi connectivity index (χ4n) is 2.81. The molecule has 0 heterocycles. The Bertz CT molecular complexity index is 698. The van der Waals surface area contributed by atoms with Gasteiger partial charge in [-0.05, 0) is 43.9 Å². The van der Waals surface area contributed by atoms with Crippen LogP contribution in [-0.4, -0.2) is 23.2 Å². The molecule has 4 heteroatoms. The van der Waals surface area contributed by atoms with E-state index in [0.717, 1.165) is 16.9 Å². The number of benzene rings is 2. The van der Waals surface area contributed by atoms with Gasteiger partial charge in [0.2, 0.25) is 0 Å². The Morgan fingerprint density at radius 2 is 1.58 bits per heavy atom. The standard InChI is InChI=1S/C22H30N2O2/c1-16(2)20-13-9-10-14-21(20)26-18(5)23-22(25)24(17(3)4)15-19-11-7-6-8-12-19/h6-14,16-18H,15H2,1-5H3,(H,23,25). The highest BCUT2D eigenvalue weighted by Crippen LogP contribution is 2.26. The summed E-state index contributed by atoms with van der Waals surface area (Å²) in [6.45, 7) is 10.7. The number of nitrogens with zero attached hydrogens (tertiary/aromatic N) is 1. The average Bonchev–Trinajstić information content (AvgIpc) is 2.60. The molecule has 2 aromatic carbocycles. The molecule has 0 aliphatic rings. The van der Waals surface area contributed by atoms with Gasteiger partial charge in [-0.3, -0.25) is 0 Å². The molecule has 0 aliphatic carbocycles. The van der Waals surface area contributed by atoms with Gasteiger partial charge in [0.15, 0.2) is 6.23 Å². The number of urea groups is 1. The van der Waals surface area contributed by atoms with Gasteiger partial charge in [0, 0.05) is 12.6 Å². The predicted molar refractivity (Wildman–Crippen MR) is 106 cm³/mol. The molecule has 0 radical (unpaired) electrons. The molecule has 1 unspecified atom stereocenters. The lowest BCUT2D eigenvalue weighted by atomic mass is 10.0. The molecule has 0 spiro atoms. The molecular weight excluding hydrogens is 324 g/mol. The van der Waals surface area contributed by atoms with Crippen LogP contribution in [0.2, 0.25) is 0 Å². The fraction of sp³-hybridized carbons (Fsp3) is 0.409. The van der Waals surface area contributed by atoms with E-state index >= 15 is 0 Å². The molecule has 0 aromatic heterocycles. The number of carbonyl (C=O) groups excluding carboxylic acids is 1. The second-order valence-electron chi connectivity index (χ2n) is 7.11. The normalized spacial score (nSPS) is 12.1. The van der Waals surface area contributed by atoms with E-state index in [4.69, 9.17) is 4.74 Å². The van der Waals surface area contributed by atoms with Gasteiger partial charge in [-0.1, -0.05) is 62.4 Å². The number of amides is 2. The van der Waals surface area contributed by atoms with E-state index in [1.54, 1.807) is 0 Å². The summed E-state index contributed by atoms with van der Waals surface area (Å²) in [7, 11) is 0. The van der Waals surface area contributed by atoms with Crippen LogP contribution in [-0.2, 0) is 6.54 Å². The molecule has 2 rings (SSSR count). The van der Waals surface area contributed by atoms with Crippen molar-refractivity contribution in [1.82, 2.24) is 10.2 Å². The van der Waals surface area contributed by atoms with Gasteiger partial charge in [0.05, 0.1) is 0 Å². The van der Waals surface area contributed by atoms with E-state index in [9.17, 15) is 4.79 Å². The highest BCUT2D eigenvalue weighted by Gasteiger charge is 2.20. The van der Waals surface area contributed by atoms with Gasteiger partial charge in [-0.25, -0.2) is 4.79 Å². The van der Waals surface area contributed by atoms with Gasteiger partial charge < -0.3 is 15.0 Å². The monoisotopic (exact) mass is 354 g/mol. The maximum absolute atomic E-state index is 12.7. The topological polar surface area (TPSA) is 41.6 Å². The Morgan fingerprint density at radius 3 is 2.19 bits per heavy atom. The summed E-state index contributed by atoms with van der Waals surface area (Å²) < 4.78 is 6.00. The molecule has 140 valence electrons. The minimum Gasteiger partial charge on any atom is -0.471 e. The van der Waals surface area contributed by atoms with Crippen molar-refractivity contribution in [3.63, 3.8) is 0 Å². The zero-order valence-corrected chi connectivity index (χ0v) is 16.4. The molecule has 0 saturated carbocycles. The molecule has 0 saturated heterocycles. The lowest BCUT2D eigenvalue weighted by Gasteiger charge is -2.29. The Balaban J connectivity index is 2.02. The quantitative estimate of drug-likeness (QED) is 0.698. The molecule has 4 nitrogen and oxygen atoms in total. The summed E-state index contributed by atoms with van der Waals surface area (Å²) in [5.74, 6) is 1.17. The van der Waals surface area contributed by atoms with E-state index < -0.39 is 6.23 Å². The van der Waals surface area contributed by atoms with Crippen molar-refractivity contribution in [2.24, 2.45) is 0 Å². The molecule has 0 aliphatic heterocycles. The molecular formula is C22H30N2O2. The van der Waals surface area contributed by atoms with Crippen LogP contribution in [0.4, 0.5) is 4.79 Å². The Kier molecular flexibility index (Phi) is 7.07. The first-order valence-corrected chi connectivity index (χ1v) is 9.25. The van der Waals surface area contributed by atoms with Gasteiger partial charge in [-0.15, -0.1) is 0 Å². The molecule has 26 heavy (non-hydrogen) atoms. The third kappa shape index (κ3) is 5.51. The Labute approximate surface area is 157 Å². The first-order chi connectivity index (χ1) is 12.4. The third-order valence-electron chi connectivity index (χ3n) is 4.25. The number of ether oxygens (including phenoxy) is 1. The third-order valence-corrected chi connectivity index (χ3v) is 4.25. The van der Waals surface area contributed by atoms with Crippen molar-refractivity contribution in [2.45, 2.75) is 59.4 Å². The summed E-state index contributed by atoms with van der Waals surface area (Å²) in [5, 5.41) is 2.96. The van der Waals surface area contributed by atoms with Crippen LogP contribution in [0.5, 0.6) is 5.75 Å². The van der Waals surface area contributed by atoms with Crippen molar-refractivity contribution in [1.29, 1.82) is 0 Å². The van der Waals surface area contributed by atoms with Crippen molar-refractivity contribution in [3.05, 3.63) is 65.7 Å². The molecule has 0 fully saturated rings. The van der Waals surface area contributed by atoms with E-state index in [-0.39, 0.29) is 12.1 Å². The molecule has 0 bridgehead atoms. The first kappa shape index (κ1) is 19.8. The van der Waals surface area contributed by atoms with Gasteiger partial charge in [0.1, 0.15) is 5.75 Å². The van der Waals surface area contributed by atoms with Crippen LogP contribution >= 0.6 is 0 Å². The van der Waals surface area contributed by atoms with Crippen LogP contribution in [0.3, 0.4) is 0 Å². The lowest BCUT2D eigenvalue weighted by molar-refractivity contribution is 0.141. The number of para-hydroxylation sites is 1. The number of carbonyl (C=O) groups is 1. The summed E-state index contributed by atoms with van der Waals surface area (Å²) in [5.41, 5.74) is 2.24. The Hall–Kier alpha value is -2.49. The number of rotatable bonds is 7. The van der Waals surface area contributed by atoms with Crippen LogP contribution in [0.25, 0.3) is 0 Å². The molecule has 1 N–H and O–H groups in total. The number of hydrogen-bond donors (Lipinski definition) is 1. The van der Waals surface area contributed by atoms with E-state index in [2.05, 4.69) is 25.2 Å². The predicted octanol–water partition coefficient (Wildman–Crippen LogP) is 5.16. The summed E-state index contributed by atoms with van der Waals surface area (Å²) in [4.78, 5) is 14.6. The number of hydrogen-bond acceptors (Lipinski definition) is 2. The smallest absolute Gasteiger partial charge is 0.320 e. The minimum absolute atomic E-state index is 0.0883. The van der Waals surface area contributed by atoms with Crippen LogP contribution < -0.4 is 10.1 Å². The van der Waals surface area contributed by atoms with E-state index in [1.165, 1.54) is 0 Å². The largest absolute Gasteiger partial charge is 0.471 e. The summed E-state index contributed by atoms with van der Waals surface area (Å²) >= 11 is 0. The van der Waals surface area contributed by atoms with Gasteiger partial charge >= 0.3 is 6.03 Å². The highest BCUT2D eigenvalue weighted by atomic mass is 16.5. The molecule has 2 amide bonds. The second kappa shape index (κ2) is 9.27. The number of nitrogens with one attached hydrogen (secondary N) is 1. The lowest BCUT2D eigenvalue weighted by Crippen LogP contribution is -2.48. The van der Waals surface area contributed by atoms with Gasteiger partial charge in [-0.2, -0.15) is 0 Å². The molecule has 2 aromatic rings. The van der Waals surface area contributed by atoms with Crippen LogP contribution in [0.15, 0.2) is 54.6 Å². The average molecular weight is 354 g/mol. The van der Waals surface area contributed by atoms with Crippen molar-refractivity contribution in [2.75, 3.05) is 0 Å². The molecule has 1 atom stereocenters. The van der Waals surface area contributed by atoms with Crippen molar-refractivity contribution in [3.8, 4) is 5.75 Å².